The molecule has 12 heavy (non-hydrogen) atoms. The molecule has 0 aromatic carbocycles. The highest BCUT2D eigenvalue weighted by Gasteiger charge is 2.17. The van der Waals surface area contributed by atoms with Gasteiger partial charge in [-0.2, -0.15) is 0 Å². The minimum atomic E-state index is 0.502. The van der Waals surface area contributed by atoms with E-state index in [9.17, 15) is 0 Å². The number of hydrogen-bond acceptors (Lipinski definition) is 2. The summed E-state index contributed by atoms with van der Waals surface area (Å²) in [6.45, 7) is 5.16. The van der Waals surface area contributed by atoms with E-state index in [0.717, 1.165) is 18.8 Å². The molecule has 1 aliphatic rings. The molecule has 2 nitrogen and oxygen atoms in total. The Morgan fingerprint density at radius 2 is 2.33 bits per heavy atom. The third kappa shape index (κ3) is 1.07. The lowest BCUT2D eigenvalue weighted by Gasteiger charge is -2.07. The molecule has 0 atom stereocenters. The molecular formula is C10H13NO. The molecule has 0 bridgehead atoms. The fraction of sp³-hybridized carbons (Fsp3) is 0.500. The molecule has 0 aliphatic carbocycles. The van der Waals surface area contributed by atoms with Gasteiger partial charge < -0.3 is 4.74 Å². The first-order valence-electron chi connectivity index (χ1n) is 4.39. The molecule has 2 heterocycles. The molecule has 0 spiro atoms. The fourth-order valence-corrected chi connectivity index (χ4v) is 1.64. The Morgan fingerprint density at radius 3 is 3.08 bits per heavy atom. The van der Waals surface area contributed by atoms with Gasteiger partial charge in [-0.3, -0.25) is 4.98 Å². The van der Waals surface area contributed by atoms with Crippen molar-refractivity contribution < 1.29 is 4.74 Å². The Morgan fingerprint density at radius 1 is 1.50 bits per heavy atom. The molecule has 1 aliphatic heterocycles. The van der Waals surface area contributed by atoms with Gasteiger partial charge in [0.25, 0.3) is 0 Å². The topological polar surface area (TPSA) is 22.1 Å². The number of nitrogens with zero attached hydrogens (tertiary/aromatic N) is 1. The van der Waals surface area contributed by atoms with E-state index in [4.69, 9.17) is 4.74 Å². The maximum Gasteiger partial charge on any atom is 0.125 e. The minimum absolute atomic E-state index is 0.502. The molecule has 0 saturated heterocycles. The molecule has 0 saturated carbocycles. The number of fused-ring (bicyclic) bond motifs is 1. The van der Waals surface area contributed by atoms with Crippen molar-refractivity contribution in [2.75, 3.05) is 6.61 Å². The van der Waals surface area contributed by atoms with E-state index in [0.29, 0.717) is 5.92 Å². The predicted molar refractivity (Wildman–Crippen MR) is 47.5 cm³/mol. The van der Waals surface area contributed by atoms with Gasteiger partial charge in [0, 0.05) is 23.9 Å². The number of pyridine rings is 1. The summed E-state index contributed by atoms with van der Waals surface area (Å²) in [4.78, 5) is 4.37. The zero-order chi connectivity index (χ0) is 8.55. The molecule has 1 aromatic heterocycles. The van der Waals surface area contributed by atoms with Crippen molar-refractivity contribution in [3.63, 3.8) is 0 Å². The summed E-state index contributed by atoms with van der Waals surface area (Å²) in [6.07, 6.45) is 2.86. The van der Waals surface area contributed by atoms with Crippen LogP contribution in [-0.2, 0) is 6.42 Å². The van der Waals surface area contributed by atoms with Crippen LogP contribution in [-0.4, -0.2) is 11.6 Å². The van der Waals surface area contributed by atoms with Crippen molar-refractivity contribution in [1.29, 1.82) is 0 Å². The first-order valence-corrected chi connectivity index (χ1v) is 4.39. The lowest BCUT2D eigenvalue weighted by atomic mass is 10.0. The standard InChI is InChI=1S/C10H13NO/c1-7(2)10-8-4-6-12-9(8)3-5-11-10/h3,5,7H,4,6H2,1-2H3. The van der Waals surface area contributed by atoms with E-state index in [1.54, 1.807) is 0 Å². The van der Waals surface area contributed by atoms with E-state index in [2.05, 4.69) is 18.8 Å². The van der Waals surface area contributed by atoms with Gasteiger partial charge >= 0.3 is 0 Å². The fourth-order valence-electron chi connectivity index (χ4n) is 1.64. The van der Waals surface area contributed by atoms with Gasteiger partial charge in [-0.15, -0.1) is 0 Å². The lowest BCUT2D eigenvalue weighted by molar-refractivity contribution is 0.356. The highest BCUT2D eigenvalue weighted by molar-refractivity contribution is 5.39. The average molecular weight is 163 g/mol. The summed E-state index contributed by atoms with van der Waals surface area (Å²) in [5.41, 5.74) is 2.51. The van der Waals surface area contributed by atoms with Gasteiger partial charge in [0.05, 0.1) is 6.61 Å². The van der Waals surface area contributed by atoms with Crippen molar-refractivity contribution in [2.24, 2.45) is 0 Å². The summed E-state index contributed by atoms with van der Waals surface area (Å²) >= 11 is 0. The highest BCUT2D eigenvalue weighted by Crippen LogP contribution is 2.30. The van der Waals surface area contributed by atoms with Crippen molar-refractivity contribution in [3.05, 3.63) is 23.5 Å². The monoisotopic (exact) mass is 163 g/mol. The third-order valence-electron chi connectivity index (χ3n) is 2.20. The Bertz CT molecular complexity index is 294. The van der Waals surface area contributed by atoms with Gasteiger partial charge in [-0.1, -0.05) is 13.8 Å². The lowest BCUT2D eigenvalue weighted by Crippen LogP contribution is -1.96. The van der Waals surface area contributed by atoms with Crippen LogP contribution >= 0.6 is 0 Å². The van der Waals surface area contributed by atoms with Gasteiger partial charge in [-0.05, 0) is 12.0 Å². The van der Waals surface area contributed by atoms with E-state index in [-0.39, 0.29) is 0 Å². The Labute approximate surface area is 72.6 Å². The molecule has 0 radical (unpaired) electrons. The molecule has 0 amide bonds. The quantitative estimate of drug-likeness (QED) is 0.632. The molecule has 0 unspecified atom stereocenters. The van der Waals surface area contributed by atoms with Crippen LogP contribution in [0.4, 0.5) is 0 Å². The second kappa shape index (κ2) is 2.77. The smallest absolute Gasteiger partial charge is 0.125 e. The van der Waals surface area contributed by atoms with Crippen molar-refractivity contribution in [3.8, 4) is 5.75 Å². The summed E-state index contributed by atoms with van der Waals surface area (Å²) in [7, 11) is 0. The van der Waals surface area contributed by atoms with E-state index >= 15 is 0 Å². The molecular weight excluding hydrogens is 150 g/mol. The zero-order valence-electron chi connectivity index (χ0n) is 7.50. The highest BCUT2D eigenvalue weighted by atomic mass is 16.5. The van der Waals surface area contributed by atoms with Crippen molar-refractivity contribution in [2.45, 2.75) is 26.2 Å². The zero-order valence-corrected chi connectivity index (χ0v) is 7.50. The van der Waals surface area contributed by atoms with Gasteiger partial charge in [0.1, 0.15) is 5.75 Å². The van der Waals surface area contributed by atoms with Crippen LogP contribution in [0.2, 0.25) is 0 Å². The average Bonchev–Trinajstić information content (AvgIpc) is 2.49. The minimum Gasteiger partial charge on any atom is -0.493 e. The Balaban J connectivity index is 2.49. The maximum absolute atomic E-state index is 5.45. The molecule has 0 N–H and O–H groups in total. The second-order valence-electron chi connectivity index (χ2n) is 3.43. The summed E-state index contributed by atoms with van der Waals surface area (Å²) in [5, 5.41) is 0. The first-order chi connectivity index (χ1) is 5.79. The van der Waals surface area contributed by atoms with Crippen molar-refractivity contribution in [1.82, 2.24) is 4.98 Å². The van der Waals surface area contributed by atoms with Crippen LogP contribution in [0.1, 0.15) is 31.0 Å². The summed E-state index contributed by atoms with van der Waals surface area (Å²) in [6, 6.07) is 1.95. The van der Waals surface area contributed by atoms with Gasteiger partial charge in [0.15, 0.2) is 0 Å². The molecule has 2 heteroatoms. The molecule has 1 aromatic rings. The first kappa shape index (κ1) is 7.59. The van der Waals surface area contributed by atoms with E-state index in [1.807, 2.05) is 12.3 Å². The molecule has 2 rings (SSSR count). The van der Waals surface area contributed by atoms with Crippen LogP contribution in [0.15, 0.2) is 12.3 Å². The van der Waals surface area contributed by atoms with E-state index in [1.165, 1.54) is 11.3 Å². The number of hydrogen-bond donors (Lipinski definition) is 0. The number of ether oxygens (including phenoxy) is 1. The van der Waals surface area contributed by atoms with Crippen LogP contribution < -0.4 is 4.74 Å². The largest absolute Gasteiger partial charge is 0.493 e. The van der Waals surface area contributed by atoms with E-state index < -0.39 is 0 Å². The molecule has 0 fully saturated rings. The number of aromatic nitrogens is 1. The Hall–Kier alpha value is -1.05. The third-order valence-corrected chi connectivity index (χ3v) is 2.20. The van der Waals surface area contributed by atoms with Crippen LogP contribution in [0, 0.1) is 0 Å². The summed E-state index contributed by atoms with van der Waals surface area (Å²) in [5.74, 6) is 1.54. The molecule has 64 valence electrons. The predicted octanol–water partition coefficient (Wildman–Crippen LogP) is 2.14. The van der Waals surface area contributed by atoms with Crippen molar-refractivity contribution >= 4 is 0 Å². The van der Waals surface area contributed by atoms with Gasteiger partial charge in [0.2, 0.25) is 0 Å². The number of rotatable bonds is 1. The van der Waals surface area contributed by atoms with Crippen LogP contribution in [0.25, 0.3) is 0 Å². The van der Waals surface area contributed by atoms with Crippen LogP contribution in [0.3, 0.4) is 0 Å². The Kier molecular flexibility index (Phi) is 1.75. The SMILES string of the molecule is CC(C)c1nccc2c1CCO2. The normalized spacial score (nSPS) is 14.6. The van der Waals surface area contributed by atoms with Gasteiger partial charge in [-0.25, -0.2) is 0 Å². The maximum atomic E-state index is 5.45. The second-order valence-corrected chi connectivity index (χ2v) is 3.43. The van der Waals surface area contributed by atoms with Crippen LogP contribution in [0.5, 0.6) is 5.75 Å². The summed E-state index contributed by atoms with van der Waals surface area (Å²) < 4.78 is 5.45.